The molecule has 0 aliphatic rings. The van der Waals surface area contributed by atoms with E-state index in [9.17, 15) is 4.79 Å². The SMILES string of the molecule is CCC(N)CC(=O)COC(C)C. The van der Waals surface area contributed by atoms with Gasteiger partial charge in [-0.2, -0.15) is 0 Å². The number of ketones is 1. The maximum absolute atomic E-state index is 11.1. The molecule has 72 valence electrons. The van der Waals surface area contributed by atoms with Crippen molar-refractivity contribution in [2.24, 2.45) is 5.73 Å². The van der Waals surface area contributed by atoms with E-state index in [1.54, 1.807) is 0 Å². The van der Waals surface area contributed by atoms with Crippen LogP contribution in [0.4, 0.5) is 0 Å². The smallest absolute Gasteiger partial charge is 0.160 e. The standard InChI is InChI=1S/C9H19NO2/c1-4-8(10)5-9(11)6-12-7(2)3/h7-8H,4-6,10H2,1-3H3. The molecule has 3 nitrogen and oxygen atoms in total. The Bertz CT molecular complexity index is 134. The summed E-state index contributed by atoms with van der Waals surface area (Å²) in [6.45, 7) is 5.99. The van der Waals surface area contributed by atoms with Crippen LogP contribution in [0.3, 0.4) is 0 Å². The molecule has 0 aliphatic carbocycles. The summed E-state index contributed by atoms with van der Waals surface area (Å²) in [5, 5.41) is 0. The predicted octanol–water partition coefficient (Wildman–Crippen LogP) is 1.11. The van der Waals surface area contributed by atoms with E-state index < -0.39 is 0 Å². The number of carbonyl (C=O) groups is 1. The molecule has 0 aromatic heterocycles. The number of ether oxygens (including phenoxy) is 1. The molecular formula is C9H19NO2. The Hall–Kier alpha value is -0.410. The molecule has 0 radical (unpaired) electrons. The van der Waals surface area contributed by atoms with Gasteiger partial charge in [0.2, 0.25) is 0 Å². The van der Waals surface area contributed by atoms with Crippen molar-refractivity contribution < 1.29 is 9.53 Å². The fourth-order valence-corrected chi connectivity index (χ4v) is 0.755. The molecule has 0 heterocycles. The number of hydrogen-bond donors (Lipinski definition) is 1. The number of Topliss-reactive ketones (excluding diaryl/α,β-unsaturated/α-hetero) is 1. The minimum absolute atomic E-state index is 0.00624. The van der Waals surface area contributed by atoms with E-state index in [0.717, 1.165) is 6.42 Å². The van der Waals surface area contributed by atoms with Crippen LogP contribution in [0.1, 0.15) is 33.6 Å². The van der Waals surface area contributed by atoms with Crippen molar-refractivity contribution in [3.05, 3.63) is 0 Å². The van der Waals surface area contributed by atoms with Crippen LogP contribution in [0.15, 0.2) is 0 Å². The van der Waals surface area contributed by atoms with Crippen LogP contribution in [-0.4, -0.2) is 24.5 Å². The highest BCUT2D eigenvalue weighted by Gasteiger charge is 2.08. The fourth-order valence-electron chi connectivity index (χ4n) is 0.755. The molecule has 0 spiro atoms. The summed E-state index contributed by atoms with van der Waals surface area (Å²) in [6, 6.07) is -0.00624. The highest BCUT2D eigenvalue weighted by atomic mass is 16.5. The van der Waals surface area contributed by atoms with Crippen LogP contribution in [0.2, 0.25) is 0 Å². The molecule has 0 amide bonds. The fraction of sp³-hybridized carbons (Fsp3) is 0.889. The molecule has 0 aromatic rings. The number of rotatable bonds is 6. The third kappa shape index (κ3) is 6.31. The van der Waals surface area contributed by atoms with Gasteiger partial charge in [0.05, 0.1) is 6.10 Å². The van der Waals surface area contributed by atoms with Gasteiger partial charge in [0, 0.05) is 12.5 Å². The number of carbonyl (C=O) groups excluding carboxylic acids is 1. The molecular weight excluding hydrogens is 154 g/mol. The quantitative estimate of drug-likeness (QED) is 0.654. The molecule has 1 atom stereocenters. The van der Waals surface area contributed by atoms with Gasteiger partial charge >= 0.3 is 0 Å². The summed E-state index contributed by atoms with van der Waals surface area (Å²) in [4.78, 5) is 11.1. The number of nitrogens with two attached hydrogens (primary N) is 1. The second-order valence-corrected chi connectivity index (χ2v) is 3.27. The Morgan fingerprint density at radius 2 is 2.08 bits per heavy atom. The zero-order chi connectivity index (χ0) is 9.56. The average Bonchev–Trinajstić information content (AvgIpc) is 2.00. The van der Waals surface area contributed by atoms with Crippen molar-refractivity contribution in [1.29, 1.82) is 0 Å². The van der Waals surface area contributed by atoms with Gasteiger partial charge in [0.1, 0.15) is 6.61 Å². The van der Waals surface area contributed by atoms with Gasteiger partial charge in [-0.3, -0.25) is 4.79 Å². The minimum atomic E-state index is -0.00624. The van der Waals surface area contributed by atoms with E-state index in [-0.39, 0.29) is 24.5 Å². The van der Waals surface area contributed by atoms with E-state index in [1.165, 1.54) is 0 Å². The lowest BCUT2D eigenvalue weighted by Crippen LogP contribution is -2.25. The molecule has 3 heteroatoms. The van der Waals surface area contributed by atoms with Gasteiger partial charge in [-0.1, -0.05) is 6.92 Å². The Morgan fingerprint density at radius 1 is 1.50 bits per heavy atom. The summed E-state index contributed by atoms with van der Waals surface area (Å²) in [7, 11) is 0. The summed E-state index contributed by atoms with van der Waals surface area (Å²) in [5.41, 5.74) is 5.60. The van der Waals surface area contributed by atoms with Crippen molar-refractivity contribution in [1.82, 2.24) is 0 Å². The Kier molecular flexibility index (Phi) is 5.93. The van der Waals surface area contributed by atoms with Gasteiger partial charge in [-0.05, 0) is 20.3 Å². The summed E-state index contributed by atoms with van der Waals surface area (Å²) in [6.07, 6.45) is 1.39. The van der Waals surface area contributed by atoms with Crippen LogP contribution in [-0.2, 0) is 9.53 Å². The Morgan fingerprint density at radius 3 is 2.50 bits per heavy atom. The lowest BCUT2D eigenvalue weighted by atomic mass is 10.1. The van der Waals surface area contributed by atoms with E-state index >= 15 is 0 Å². The molecule has 0 fully saturated rings. The molecule has 0 rings (SSSR count). The normalized spacial score (nSPS) is 13.4. The van der Waals surface area contributed by atoms with Crippen LogP contribution in [0, 0.1) is 0 Å². The van der Waals surface area contributed by atoms with Crippen LogP contribution in [0.25, 0.3) is 0 Å². The monoisotopic (exact) mass is 173 g/mol. The summed E-state index contributed by atoms with van der Waals surface area (Å²) >= 11 is 0. The molecule has 0 aliphatic heterocycles. The lowest BCUT2D eigenvalue weighted by molar-refractivity contribution is -0.125. The van der Waals surface area contributed by atoms with Gasteiger partial charge in [0.25, 0.3) is 0 Å². The molecule has 0 bridgehead atoms. The predicted molar refractivity (Wildman–Crippen MR) is 49.0 cm³/mol. The minimum Gasteiger partial charge on any atom is -0.371 e. The van der Waals surface area contributed by atoms with Gasteiger partial charge in [-0.15, -0.1) is 0 Å². The highest BCUT2D eigenvalue weighted by molar-refractivity contribution is 5.80. The number of hydrogen-bond acceptors (Lipinski definition) is 3. The van der Waals surface area contributed by atoms with Crippen LogP contribution in [0.5, 0.6) is 0 Å². The van der Waals surface area contributed by atoms with Crippen molar-refractivity contribution in [3.8, 4) is 0 Å². The van der Waals surface area contributed by atoms with E-state index in [1.807, 2.05) is 20.8 Å². The first kappa shape index (κ1) is 11.6. The first-order valence-electron chi connectivity index (χ1n) is 4.45. The summed E-state index contributed by atoms with van der Waals surface area (Å²) < 4.78 is 5.14. The van der Waals surface area contributed by atoms with Crippen LogP contribution < -0.4 is 5.73 Å². The van der Waals surface area contributed by atoms with Gasteiger partial charge < -0.3 is 10.5 Å². The topological polar surface area (TPSA) is 52.3 Å². The first-order chi connectivity index (χ1) is 5.56. The Balaban J connectivity index is 3.46. The molecule has 0 saturated heterocycles. The first-order valence-corrected chi connectivity index (χ1v) is 4.45. The third-order valence-corrected chi connectivity index (χ3v) is 1.59. The second kappa shape index (κ2) is 6.14. The lowest BCUT2D eigenvalue weighted by Gasteiger charge is -2.09. The molecule has 12 heavy (non-hydrogen) atoms. The van der Waals surface area contributed by atoms with Crippen molar-refractivity contribution >= 4 is 5.78 Å². The highest BCUT2D eigenvalue weighted by Crippen LogP contribution is 1.96. The van der Waals surface area contributed by atoms with Crippen molar-refractivity contribution in [2.75, 3.05) is 6.61 Å². The zero-order valence-electron chi connectivity index (χ0n) is 8.17. The molecule has 2 N–H and O–H groups in total. The third-order valence-electron chi connectivity index (χ3n) is 1.59. The van der Waals surface area contributed by atoms with Crippen molar-refractivity contribution in [2.45, 2.75) is 45.8 Å². The van der Waals surface area contributed by atoms with E-state index in [4.69, 9.17) is 10.5 Å². The van der Waals surface area contributed by atoms with Crippen molar-refractivity contribution in [3.63, 3.8) is 0 Å². The maximum atomic E-state index is 11.1. The van der Waals surface area contributed by atoms with Gasteiger partial charge in [0.15, 0.2) is 5.78 Å². The second-order valence-electron chi connectivity index (χ2n) is 3.27. The van der Waals surface area contributed by atoms with E-state index in [2.05, 4.69) is 0 Å². The van der Waals surface area contributed by atoms with E-state index in [0.29, 0.717) is 6.42 Å². The molecule has 0 aromatic carbocycles. The van der Waals surface area contributed by atoms with Gasteiger partial charge in [-0.25, -0.2) is 0 Å². The van der Waals surface area contributed by atoms with Crippen LogP contribution >= 0.6 is 0 Å². The Labute approximate surface area is 74.3 Å². The average molecular weight is 173 g/mol. The molecule has 0 saturated carbocycles. The maximum Gasteiger partial charge on any atom is 0.160 e. The molecule has 1 unspecified atom stereocenters. The largest absolute Gasteiger partial charge is 0.371 e. The summed E-state index contributed by atoms with van der Waals surface area (Å²) in [5.74, 6) is 0.0954. The zero-order valence-corrected chi connectivity index (χ0v) is 8.17.